The van der Waals surface area contributed by atoms with E-state index in [9.17, 15) is 24.6 Å². The fourth-order valence-corrected chi connectivity index (χ4v) is 7.15. The van der Waals surface area contributed by atoms with Gasteiger partial charge in [-0.3, -0.25) is 14.5 Å². The molecule has 2 aliphatic heterocycles. The summed E-state index contributed by atoms with van der Waals surface area (Å²) in [6, 6.07) is 7.50. The molecule has 0 radical (unpaired) electrons. The zero-order valence-corrected chi connectivity index (χ0v) is 23.4. The van der Waals surface area contributed by atoms with Gasteiger partial charge in [0, 0.05) is 79.4 Å². The average molecular weight is 548 g/mol. The lowest BCUT2D eigenvalue weighted by Crippen LogP contribution is -2.42. The zero-order valence-electron chi connectivity index (χ0n) is 22.6. The van der Waals surface area contributed by atoms with Crippen LogP contribution in [0.15, 0.2) is 34.9 Å². The molecule has 6 N–H and O–H groups in total. The number of hydrogen-bond donors (Lipinski definition) is 5. The van der Waals surface area contributed by atoms with Gasteiger partial charge in [0.25, 0.3) is 0 Å². The maximum absolute atomic E-state index is 12.3. The van der Waals surface area contributed by atoms with Gasteiger partial charge in [0.1, 0.15) is 5.70 Å². The van der Waals surface area contributed by atoms with E-state index in [0.29, 0.717) is 30.9 Å². The van der Waals surface area contributed by atoms with Gasteiger partial charge in [-0.1, -0.05) is 32.0 Å². The molecule has 1 unspecified atom stereocenters. The number of nitrogens with one attached hydrogen (secondary N) is 2. The van der Waals surface area contributed by atoms with Crippen molar-refractivity contribution in [2.75, 3.05) is 31.5 Å². The fraction of sp³-hybridized carbons (Fsp3) is 0.593. The number of carboxylic acids is 1. The molecule has 3 rings (SSSR count). The van der Waals surface area contributed by atoms with Gasteiger partial charge in [-0.2, -0.15) is 0 Å². The summed E-state index contributed by atoms with van der Waals surface area (Å²) in [4.78, 5) is 40.4. The molecule has 2 aliphatic rings. The van der Waals surface area contributed by atoms with Crippen LogP contribution in [0.1, 0.15) is 39.7 Å². The van der Waals surface area contributed by atoms with E-state index in [1.165, 1.54) is 23.6 Å². The van der Waals surface area contributed by atoms with Gasteiger partial charge in [-0.15, -0.1) is 11.8 Å². The third-order valence-electron chi connectivity index (χ3n) is 7.54. The second-order valence-electron chi connectivity index (χ2n) is 10.3. The maximum atomic E-state index is 12.3. The number of thioether (sulfide) groups is 1. The molecule has 38 heavy (non-hydrogen) atoms. The first-order chi connectivity index (χ1) is 18.1. The highest BCUT2D eigenvalue weighted by Crippen LogP contribution is 2.46. The van der Waals surface area contributed by atoms with Gasteiger partial charge in [-0.25, -0.2) is 4.79 Å². The number of hydrogen-bond acceptors (Lipinski definition) is 8. The second-order valence-corrected chi connectivity index (χ2v) is 11.6. The Labute approximate surface area is 229 Å². The summed E-state index contributed by atoms with van der Waals surface area (Å²) in [5, 5.41) is 26.7. The quantitative estimate of drug-likeness (QED) is 0.184. The molecule has 11 heteroatoms. The lowest BCUT2D eigenvalue weighted by atomic mass is 9.88. The van der Waals surface area contributed by atoms with Gasteiger partial charge in [-0.05, 0) is 25.0 Å². The summed E-state index contributed by atoms with van der Waals surface area (Å²) in [5.41, 5.74) is 7.49. The molecular weight excluding hydrogens is 506 g/mol. The molecule has 6 atom stereocenters. The molecule has 2 heterocycles. The highest BCUT2D eigenvalue weighted by atomic mass is 32.2. The Morgan fingerprint density at radius 1 is 1.29 bits per heavy atom. The van der Waals surface area contributed by atoms with Crippen molar-refractivity contribution < 1.29 is 24.6 Å². The van der Waals surface area contributed by atoms with Crippen molar-refractivity contribution >= 4 is 35.7 Å². The number of para-hydroxylation sites is 1. The van der Waals surface area contributed by atoms with Gasteiger partial charge in [0.15, 0.2) is 0 Å². The normalized spacial score (nSPS) is 25.5. The predicted octanol–water partition coefficient (Wildman–Crippen LogP) is 1.66. The van der Waals surface area contributed by atoms with Crippen LogP contribution in [0.2, 0.25) is 0 Å². The van der Waals surface area contributed by atoms with Crippen LogP contribution in [-0.2, 0) is 20.9 Å². The standard InChI is InChI=1S/C27H41N5O5S/c1-16(18(3)34)24-17(2)26(25(27(36)37)32(24)15-33)38-22-11-21(12-29-10-9-28)31(14-22)13-20-7-5-6-8-23(20)30-19(4)35/h5-8,15-18,21-22,24,29,34H,9-14,28H2,1-4H3,(H,30,35)(H,36,37)/t16-,17-,18-,21+,22+,24?/m1/s1. The molecular formula is C27H41N5O5S. The van der Waals surface area contributed by atoms with E-state index >= 15 is 0 Å². The monoisotopic (exact) mass is 547 g/mol. The van der Waals surface area contributed by atoms with E-state index < -0.39 is 18.1 Å². The number of carboxylic acid groups (broad SMARTS) is 1. The van der Waals surface area contributed by atoms with Crippen molar-refractivity contribution in [2.24, 2.45) is 17.6 Å². The van der Waals surface area contributed by atoms with E-state index in [2.05, 4.69) is 15.5 Å². The average Bonchev–Trinajstić information content (AvgIpc) is 3.37. The van der Waals surface area contributed by atoms with Crippen LogP contribution < -0.4 is 16.4 Å². The number of rotatable bonds is 13. The van der Waals surface area contributed by atoms with Crippen LogP contribution >= 0.6 is 11.8 Å². The van der Waals surface area contributed by atoms with Gasteiger partial charge in [0.05, 0.1) is 6.10 Å². The van der Waals surface area contributed by atoms with Crippen LogP contribution in [0.5, 0.6) is 0 Å². The fourth-order valence-electron chi connectivity index (χ4n) is 5.55. The topological polar surface area (TPSA) is 148 Å². The Morgan fingerprint density at radius 3 is 2.61 bits per heavy atom. The molecule has 0 bridgehead atoms. The Morgan fingerprint density at radius 2 is 2.00 bits per heavy atom. The minimum absolute atomic E-state index is 0.0160. The summed E-state index contributed by atoms with van der Waals surface area (Å²) >= 11 is 1.54. The molecule has 1 aromatic carbocycles. The molecule has 1 aromatic rings. The molecule has 1 fully saturated rings. The van der Waals surface area contributed by atoms with Gasteiger partial charge < -0.3 is 31.5 Å². The summed E-state index contributed by atoms with van der Waals surface area (Å²) in [6.45, 7) is 10.3. The molecule has 1 saturated heterocycles. The number of amides is 2. The molecule has 10 nitrogen and oxygen atoms in total. The third kappa shape index (κ3) is 6.95. The predicted molar refractivity (Wildman–Crippen MR) is 149 cm³/mol. The Bertz CT molecular complexity index is 1030. The highest BCUT2D eigenvalue weighted by Gasteiger charge is 2.46. The number of aliphatic hydroxyl groups is 1. The van der Waals surface area contributed by atoms with E-state index in [1.54, 1.807) is 6.92 Å². The van der Waals surface area contributed by atoms with E-state index in [4.69, 9.17) is 5.73 Å². The largest absolute Gasteiger partial charge is 0.477 e. The lowest BCUT2D eigenvalue weighted by Gasteiger charge is -2.32. The first-order valence-electron chi connectivity index (χ1n) is 13.1. The zero-order chi connectivity index (χ0) is 28.0. The Kier molecular flexibility index (Phi) is 10.8. The number of benzene rings is 1. The molecule has 210 valence electrons. The summed E-state index contributed by atoms with van der Waals surface area (Å²) in [7, 11) is 0. The number of aliphatic hydroxyl groups excluding tert-OH is 1. The molecule has 2 amide bonds. The van der Waals surface area contributed by atoms with Crippen LogP contribution in [0.4, 0.5) is 5.69 Å². The van der Waals surface area contributed by atoms with Crippen molar-refractivity contribution in [2.45, 2.75) is 64.1 Å². The first-order valence-corrected chi connectivity index (χ1v) is 14.0. The minimum atomic E-state index is -1.13. The molecule has 0 saturated carbocycles. The smallest absolute Gasteiger partial charge is 0.353 e. The maximum Gasteiger partial charge on any atom is 0.353 e. The number of carbonyl (C=O) groups is 3. The van der Waals surface area contributed by atoms with Crippen molar-refractivity contribution in [1.29, 1.82) is 0 Å². The Hall–Kier alpha value is -2.44. The van der Waals surface area contributed by atoms with E-state index in [1.807, 2.05) is 38.1 Å². The van der Waals surface area contributed by atoms with Crippen LogP contribution in [-0.4, -0.2) is 87.9 Å². The van der Waals surface area contributed by atoms with Crippen LogP contribution in [0.25, 0.3) is 0 Å². The summed E-state index contributed by atoms with van der Waals surface area (Å²) in [6.07, 6.45) is 0.718. The number of aliphatic carboxylic acids is 1. The highest BCUT2D eigenvalue weighted by molar-refractivity contribution is 8.03. The van der Waals surface area contributed by atoms with Crippen molar-refractivity contribution in [3.05, 3.63) is 40.4 Å². The summed E-state index contributed by atoms with van der Waals surface area (Å²) < 4.78 is 0. The lowest BCUT2D eigenvalue weighted by molar-refractivity contribution is -0.137. The number of carbonyl (C=O) groups excluding carboxylic acids is 2. The third-order valence-corrected chi connectivity index (χ3v) is 9.03. The molecule has 0 aromatic heterocycles. The van der Waals surface area contributed by atoms with E-state index in [-0.39, 0.29) is 34.7 Å². The molecule has 0 spiro atoms. The van der Waals surface area contributed by atoms with Crippen molar-refractivity contribution in [3.63, 3.8) is 0 Å². The van der Waals surface area contributed by atoms with Gasteiger partial charge in [0.2, 0.25) is 12.3 Å². The van der Waals surface area contributed by atoms with Gasteiger partial charge >= 0.3 is 5.97 Å². The van der Waals surface area contributed by atoms with E-state index in [0.717, 1.165) is 30.8 Å². The Balaban J connectivity index is 1.85. The number of likely N-dealkylation sites (tertiary alicyclic amines) is 1. The van der Waals surface area contributed by atoms with Crippen LogP contribution in [0, 0.1) is 11.8 Å². The van der Waals surface area contributed by atoms with Crippen molar-refractivity contribution in [1.82, 2.24) is 15.1 Å². The SMILES string of the molecule is CC(=O)Nc1ccccc1CN1C[C@@H](SC2=C(C(=O)O)N(C=O)C([C@H](C)[C@@H](C)O)[C@H]2C)C[C@H]1CNCCN. The van der Waals surface area contributed by atoms with Crippen LogP contribution in [0.3, 0.4) is 0 Å². The van der Waals surface area contributed by atoms with Crippen molar-refractivity contribution in [3.8, 4) is 0 Å². The first kappa shape index (κ1) is 30.1. The minimum Gasteiger partial charge on any atom is -0.477 e. The number of nitrogens with two attached hydrogens (primary N) is 1. The number of nitrogens with zero attached hydrogens (tertiary/aromatic N) is 2. The second kappa shape index (κ2) is 13.6. The summed E-state index contributed by atoms with van der Waals surface area (Å²) in [5.74, 6) is -1.77. The molecule has 0 aliphatic carbocycles. The number of anilines is 1.